The Morgan fingerprint density at radius 1 is 1.33 bits per heavy atom. The van der Waals surface area contributed by atoms with Crippen LogP contribution in [-0.4, -0.2) is 22.5 Å². The second-order valence-electron chi connectivity index (χ2n) is 6.39. The minimum Gasteiger partial charge on any atom is -0.357 e. The smallest absolute Gasteiger partial charge is 0.101 e. The Kier molecular flexibility index (Phi) is 3.01. The number of nitrogens with zero attached hydrogens (tertiary/aromatic N) is 2. The summed E-state index contributed by atoms with van der Waals surface area (Å²) >= 11 is 0. The summed E-state index contributed by atoms with van der Waals surface area (Å²) in [5.41, 5.74) is 4.10. The highest BCUT2D eigenvalue weighted by Gasteiger charge is 2.41. The molecule has 0 radical (unpaired) electrons. The van der Waals surface area contributed by atoms with Crippen LogP contribution in [0.3, 0.4) is 0 Å². The molecule has 3 heteroatoms. The predicted octanol–water partition coefficient (Wildman–Crippen LogP) is 3.78. The first-order valence-corrected chi connectivity index (χ1v) is 8.08. The zero-order chi connectivity index (χ0) is 14.4. The summed E-state index contributed by atoms with van der Waals surface area (Å²) in [6.07, 6.45) is 4.52. The van der Waals surface area contributed by atoms with Crippen molar-refractivity contribution in [2.24, 2.45) is 5.92 Å². The Bertz CT molecular complexity index is 709. The number of H-pyrrole nitrogens is 1. The van der Waals surface area contributed by atoms with E-state index in [1.807, 2.05) is 0 Å². The molecule has 1 saturated heterocycles. The zero-order valence-corrected chi connectivity index (χ0v) is 12.5. The van der Waals surface area contributed by atoms with Crippen LogP contribution >= 0.6 is 0 Å². The molecule has 1 fully saturated rings. The third-order valence-corrected chi connectivity index (χ3v) is 5.47. The fourth-order valence-corrected chi connectivity index (χ4v) is 4.39. The van der Waals surface area contributed by atoms with Crippen molar-refractivity contribution < 1.29 is 0 Å². The van der Waals surface area contributed by atoms with Gasteiger partial charge in [0, 0.05) is 23.1 Å². The molecule has 0 saturated carbocycles. The summed E-state index contributed by atoms with van der Waals surface area (Å²) in [7, 11) is 0. The van der Waals surface area contributed by atoms with Crippen molar-refractivity contribution in [3.05, 3.63) is 35.5 Å². The van der Waals surface area contributed by atoms with Gasteiger partial charge in [-0.2, -0.15) is 5.26 Å². The van der Waals surface area contributed by atoms with Crippen LogP contribution in [-0.2, 0) is 6.42 Å². The monoisotopic (exact) mass is 279 g/mol. The van der Waals surface area contributed by atoms with Crippen molar-refractivity contribution in [2.75, 3.05) is 6.54 Å². The number of piperidine rings is 1. The third kappa shape index (κ3) is 1.82. The average Bonchev–Trinajstić information content (AvgIpc) is 2.92. The summed E-state index contributed by atoms with van der Waals surface area (Å²) in [6, 6.07) is 11.7. The maximum absolute atomic E-state index is 9.62. The van der Waals surface area contributed by atoms with Gasteiger partial charge < -0.3 is 4.98 Å². The number of para-hydroxylation sites is 1. The Balaban J connectivity index is 1.78. The van der Waals surface area contributed by atoms with E-state index >= 15 is 0 Å². The first-order chi connectivity index (χ1) is 10.3. The van der Waals surface area contributed by atoms with Crippen LogP contribution < -0.4 is 0 Å². The molecule has 3 atom stereocenters. The summed E-state index contributed by atoms with van der Waals surface area (Å²) < 4.78 is 0. The molecule has 1 aromatic heterocycles. The van der Waals surface area contributed by atoms with Crippen LogP contribution in [0.4, 0.5) is 0 Å². The number of benzene rings is 1. The molecule has 1 unspecified atom stereocenters. The molecular formula is C18H21N3. The van der Waals surface area contributed by atoms with E-state index in [0.717, 1.165) is 19.4 Å². The van der Waals surface area contributed by atoms with E-state index in [9.17, 15) is 5.26 Å². The van der Waals surface area contributed by atoms with Gasteiger partial charge in [-0.25, -0.2) is 0 Å². The summed E-state index contributed by atoms with van der Waals surface area (Å²) in [5.74, 6) is 0.539. The molecule has 21 heavy (non-hydrogen) atoms. The van der Waals surface area contributed by atoms with Crippen molar-refractivity contribution in [1.29, 1.82) is 5.26 Å². The van der Waals surface area contributed by atoms with E-state index in [0.29, 0.717) is 12.0 Å². The molecule has 0 aliphatic carbocycles. The molecule has 4 rings (SSSR count). The highest BCUT2D eigenvalue weighted by Crippen LogP contribution is 2.43. The van der Waals surface area contributed by atoms with E-state index in [1.165, 1.54) is 35.0 Å². The van der Waals surface area contributed by atoms with Crippen LogP contribution in [0.1, 0.15) is 43.5 Å². The highest BCUT2D eigenvalue weighted by molar-refractivity contribution is 5.85. The van der Waals surface area contributed by atoms with Gasteiger partial charge >= 0.3 is 0 Å². The Labute approximate surface area is 125 Å². The van der Waals surface area contributed by atoms with Gasteiger partial charge in [0.2, 0.25) is 0 Å². The number of fused-ring (bicyclic) bond motifs is 5. The van der Waals surface area contributed by atoms with E-state index in [1.54, 1.807) is 0 Å². The van der Waals surface area contributed by atoms with Gasteiger partial charge in [-0.15, -0.1) is 0 Å². The van der Waals surface area contributed by atoms with Crippen LogP contribution in [0.5, 0.6) is 0 Å². The molecule has 0 amide bonds. The van der Waals surface area contributed by atoms with E-state index in [2.05, 4.69) is 47.1 Å². The molecule has 1 N–H and O–H groups in total. The van der Waals surface area contributed by atoms with Crippen molar-refractivity contribution in [2.45, 2.75) is 44.7 Å². The van der Waals surface area contributed by atoms with Crippen molar-refractivity contribution in [3.8, 4) is 6.07 Å². The van der Waals surface area contributed by atoms with Crippen molar-refractivity contribution in [1.82, 2.24) is 9.88 Å². The molecule has 2 aliphatic heterocycles. The van der Waals surface area contributed by atoms with Gasteiger partial charge in [-0.1, -0.05) is 31.5 Å². The minimum absolute atomic E-state index is 0.0910. The highest BCUT2D eigenvalue weighted by atomic mass is 15.2. The second-order valence-corrected chi connectivity index (χ2v) is 6.39. The maximum Gasteiger partial charge on any atom is 0.101 e. The Morgan fingerprint density at radius 3 is 3.00 bits per heavy atom. The van der Waals surface area contributed by atoms with Gasteiger partial charge in [0.15, 0.2) is 0 Å². The average molecular weight is 279 g/mol. The van der Waals surface area contributed by atoms with Crippen LogP contribution in [0, 0.1) is 17.2 Å². The van der Waals surface area contributed by atoms with E-state index in [4.69, 9.17) is 0 Å². The maximum atomic E-state index is 9.62. The molecule has 2 aromatic rings. The lowest BCUT2D eigenvalue weighted by atomic mass is 9.80. The standard InChI is InChI=1S/C18H21N3/c1-2-12-7-8-16-18-14(9-10-21(16)17(12)11-19)13-5-3-4-6-15(13)20-18/h3-6,12,16-17,20H,2,7-10H2,1H3/t12-,16+,17?/m1/s1. The number of aromatic amines is 1. The zero-order valence-electron chi connectivity index (χ0n) is 12.5. The van der Waals surface area contributed by atoms with Crippen LogP contribution in [0.2, 0.25) is 0 Å². The predicted molar refractivity (Wildman–Crippen MR) is 83.9 cm³/mol. The molecule has 3 heterocycles. The van der Waals surface area contributed by atoms with Crippen molar-refractivity contribution >= 4 is 10.9 Å². The van der Waals surface area contributed by atoms with Gasteiger partial charge in [0.25, 0.3) is 0 Å². The summed E-state index contributed by atoms with van der Waals surface area (Å²) in [6.45, 7) is 3.24. The lowest BCUT2D eigenvalue weighted by molar-refractivity contribution is 0.0574. The van der Waals surface area contributed by atoms with E-state index in [-0.39, 0.29) is 6.04 Å². The fraction of sp³-hybridized carbons (Fsp3) is 0.500. The molecule has 3 nitrogen and oxygen atoms in total. The van der Waals surface area contributed by atoms with Crippen LogP contribution in [0.15, 0.2) is 24.3 Å². The molecule has 0 spiro atoms. The summed E-state index contributed by atoms with van der Waals surface area (Å²) in [5, 5.41) is 11.0. The van der Waals surface area contributed by atoms with E-state index < -0.39 is 0 Å². The SMILES string of the molecule is CC[C@@H]1CC[C@H]2c3[nH]c4ccccc4c3CCN2C1C#N. The van der Waals surface area contributed by atoms with Gasteiger partial charge in [0.1, 0.15) is 6.04 Å². The lowest BCUT2D eigenvalue weighted by Gasteiger charge is -2.45. The molecule has 0 bridgehead atoms. The number of hydrogen-bond acceptors (Lipinski definition) is 2. The molecular weight excluding hydrogens is 258 g/mol. The first-order valence-electron chi connectivity index (χ1n) is 8.08. The molecule has 108 valence electrons. The van der Waals surface area contributed by atoms with Crippen molar-refractivity contribution in [3.63, 3.8) is 0 Å². The number of rotatable bonds is 1. The number of nitrogens with one attached hydrogen (secondary N) is 1. The first kappa shape index (κ1) is 12.9. The fourth-order valence-electron chi connectivity index (χ4n) is 4.39. The van der Waals surface area contributed by atoms with Gasteiger partial charge in [0.05, 0.1) is 12.1 Å². The third-order valence-electron chi connectivity index (χ3n) is 5.47. The number of nitriles is 1. The topological polar surface area (TPSA) is 42.8 Å². The summed E-state index contributed by atoms with van der Waals surface area (Å²) in [4.78, 5) is 6.10. The van der Waals surface area contributed by atoms with Gasteiger partial charge in [-0.05, 0) is 36.8 Å². The number of aromatic nitrogens is 1. The molecule has 1 aromatic carbocycles. The Morgan fingerprint density at radius 2 is 2.19 bits per heavy atom. The minimum atomic E-state index is 0.0910. The van der Waals surface area contributed by atoms with Gasteiger partial charge in [-0.3, -0.25) is 4.90 Å². The van der Waals surface area contributed by atoms with Crippen LogP contribution in [0.25, 0.3) is 10.9 Å². The number of hydrogen-bond donors (Lipinski definition) is 1. The normalized spacial score (nSPS) is 28.9. The second kappa shape index (κ2) is 4.89. The molecule has 2 aliphatic rings. The Hall–Kier alpha value is -1.79. The largest absolute Gasteiger partial charge is 0.357 e. The quantitative estimate of drug-likeness (QED) is 0.863. The lowest BCUT2D eigenvalue weighted by Crippen LogP contribution is -2.49.